The van der Waals surface area contributed by atoms with Crippen molar-refractivity contribution in [3.8, 4) is 16.9 Å². The number of pyridine rings is 1. The number of rotatable bonds is 6. The van der Waals surface area contributed by atoms with Crippen LogP contribution in [0.25, 0.3) is 22.2 Å². The van der Waals surface area contributed by atoms with Crippen molar-refractivity contribution < 1.29 is 17.9 Å². The number of hydrogen-bond donors (Lipinski definition) is 2. The monoisotopic (exact) mass is 489 g/mol. The lowest BCUT2D eigenvalue weighted by Crippen LogP contribution is -2.29. The van der Waals surface area contributed by atoms with E-state index in [1.165, 1.54) is 19.4 Å². The normalized spacial score (nSPS) is 15.8. The molecule has 1 saturated heterocycles. The average Bonchev–Trinajstić information content (AvgIpc) is 3.50. The lowest BCUT2D eigenvalue weighted by atomic mass is 9.90. The molecule has 178 valence electrons. The second-order valence-electron chi connectivity index (χ2n) is 8.34. The number of alkyl halides is 2. The van der Waals surface area contributed by atoms with Crippen molar-refractivity contribution in [2.24, 2.45) is 0 Å². The minimum Gasteiger partial charge on any atom is -0.496 e. The number of nitrogens with one attached hydrogen (secondary N) is 2. The van der Waals surface area contributed by atoms with Gasteiger partial charge in [-0.05, 0) is 49.7 Å². The van der Waals surface area contributed by atoms with Gasteiger partial charge in [0.1, 0.15) is 17.2 Å². The van der Waals surface area contributed by atoms with E-state index in [0.717, 1.165) is 43.1 Å². The molecule has 0 unspecified atom stereocenters. The maximum Gasteiger partial charge on any atom is 0.249 e. The Labute approximate surface area is 199 Å². The number of hydrogen-bond acceptors (Lipinski definition) is 4. The first-order valence-corrected chi connectivity index (χ1v) is 11.4. The van der Waals surface area contributed by atoms with Gasteiger partial charge in [-0.2, -0.15) is 5.10 Å². The smallest absolute Gasteiger partial charge is 0.249 e. The summed E-state index contributed by atoms with van der Waals surface area (Å²) in [4.78, 5) is 7.38. The molecule has 0 aliphatic carbocycles. The molecule has 3 aromatic heterocycles. The van der Waals surface area contributed by atoms with E-state index in [0.29, 0.717) is 17.1 Å². The van der Waals surface area contributed by atoms with Crippen LogP contribution in [0.15, 0.2) is 43.0 Å². The van der Waals surface area contributed by atoms with Crippen molar-refractivity contribution in [2.45, 2.75) is 31.2 Å². The Morgan fingerprint density at radius 1 is 1.18 bits per heavy atom. The maximum absolute atomic E-state index is 14.4. The molecule has 0 saturated carbocycles. The SMILES string of the molecule is COc1ccc(F)c(Cl)c1[C@H](c1c[nH]c2ncc(-c3cnn(C4CCNCC4)c3)cc12)C(F)F. The zero-order valence-corrected chi connectivity index (χ0v) is 19.1. The van der Waals surface area contributed by atoms with Gasteiger partial charge in [-0.25, -0.2) is 18.2 Å². The zero-order valence-electron chi connectivity index (χ0n) is 18.4. The van der Waals surface area contributed by atoms with Crippen LogP contribution in [0.5, 0.6) is 5.75 Å². The van der Waals surface area contributed by atoms with Crippen LogP contribution in [0.2, 0.25) is 5.02 Å². The van der Waals surface area contributed by atoms with E-state index in [1.807, 2.05) is 10.9 Å². The predicted molar refractivity (Wildman–Crippen MR) is 124 cm³/mol. The van der Waals surface area contributed by atoms with Crippen LogP contribution in [-0.2, 0) is 0 Å². The topological polar surface area (TPSA) is 67.8 Å². The van der Waals surface area contributed by atoms with Gasteiger partial charge in [0, 0.05) is 40.7 Å². The predicted octanol–water partition coefficient (Wildman–Crippen LogP) is 5.55. The fourth-order valence-electron chi connectivity index (χ4n) is 4.63. The van der Waals surface area contributed by atoms with Gasteiger partial charge in [-0.15, -0.1) is 0 Å². The Morgan fingerprint density at radius 2 is 1.97 bits per heavy atom. The van der Waals surface area contributed by atoms with Gasteiger partial charge in [0.25, 0.3) is 0 Å². The Balaban J connectivity index is 1.58. The molecule has 1 atom stereocenters. The van der Waals surface area contributed by atoms with Crippen molar-refractivity contribution in [1.82, 2.24) is 25.1 Å². The van der Waals surface area contributed by atoms with Gasteiger partial charge in [0.15, 0.2) is 0 Å². The summed E-state index contributed by atoms with van der Waals surface area (Å²) < 4.78 is 50.4. The van der Waals surface area contributed by atoms with E-state index in [2.05, 4.69) is 20.4 Å². The average molecular weight is 490 g/mol. The summed E-state index contributed by atoms with van der Waals surface area (Å²) in [5.41, 5.74) is 2.20. The van der Waals surface area contributed by atoms with Crippen LogP contribution in [0.1, 0.15) is 35.9 Å². The first kappa shape index (κ1) is 22.7. The minimum absolute atomic E-state index is 0.0933. The molecule has 1 fully saturated rings. The highest BCUT2D eigenvalue weighted by Crippen LogP contribution is 2.44. The Hall–Kier alpha value is -3.04. The van der Waals surface area contributed by atoms with E-state index in [1.54, 1.807) is 18.5 Å². The number of benzene rings is 1. The number of nitrogens with zero attached hydrogens (tertiary/aromatic N) is 3. The van der Waals surface area contributed by atoms with E-state index in [-0.39, 0.29) is 21.9 Å². The van der Waals surface area contributed by atoms with Crippen molar-refractivity contribution in [1.29, 1.82) is 0 Å². The van der Waals surface area contributed by atoms with Crippen molar-refractivity contribution in [2.75, 3.05) is 20.2 Å². The second kappa shape index (κ2) is 9.31. The Morgan fingerprint density at radius 3 is 2.71 bits per heavy atom. The van der Waals surface area contributed by atoms with Crippen molar-refractivity contribution >= 4 is 22.6 Å². The molecule has 4 heterocycles. The van der Waals surface area contributed by atoms with Gasteiger partial charge in [0.2, 0.25) is 6.43 Å². The summed E-state index contributed by atoms with van der Waals surface area (Å²) in [6.07, 6.45) is 5.99. The molecule has 2 N–H and O–H groups in total. The third kappa shape index (κ3) is 4.03. The zero-order chi connectivity index (χ0) is 23.8. The number of aromatic nitrogens is 4. The van der Waals surface area contributed by atoms with Gasteiger partial charge in [-0.3, -0.25) is 4.68 Å². The van der Waals surface area contributed by atoms with Crippen molar-refractivity contribution in [3.05, 3.63) is 65.0 Å². The quantitative estimate of drug-likeness (QED) is 0.372. The molecule has 1 aromatic carbocycles. The molecule has 6 nitrogen and oxygen atoms in total. The fourth-order valence-corrected chi connectivity index (χ4v) is 4.90. The summed E-state index contributed by atoms with van der Waals surface area (Å²) in [6.45, 7) is 1.89. The van der Waals surface area contributed by atoms with Gasteiger partial charge in [0.05, 0.1) is 30.3 Å². The molecule has 0 spiro atoms. The number of fused-ring (bicyclic) bond motifs is 1. The molecule has 0 amide bonds. The van der Waals surface area contributed by atoms with Crippen LogP contribution < -0.4 is 10.1 Å². The Kier molecular flexibility index (Phi) is 6.22. The molecule has 0 radical (unpaired) electrons. The van der Waals surface area contributed by atoms with Gasteiger partial charge >= 0.3 is 0 Å². The number of methoxy groups -OCH3 is 1. The number of ether oxygens (including phenoxy) is 1. The Bertz CT molecular complexity index is 1320. The van der Waals surface area contributed by atoms with Crippen molar-refractivity contribution in [3.63, 3.8) is 0 Å². The van der Waals surface area contributed by atoms with Crippen LogP contribution in [0.3, 0.4) is 0 Å². The third-order valence-electron chi connectivity index (χ3n) is 6.39. The first-order chi connectivity index (χ1) is 16.5. The highest BCUT2D eigenvalue weighted by atomic mass is 35.5. The summed E-state index contributed by atoms with van der Waals surface area (Å²) in [7, 11) is 1.34. The van der Waals surface area contributed by atoms with Crippen LogP contribution in [-0.4, -0.2) is 46.4 Å². The maximum atomic E-state index is 14.4. The summed E-state index contributed by atoms with van der Waals surface area (Å²) in [5.74, 6) is -2.20. The second-order valence-corrected chi connectivity index (χ2v) is 8.72. The largest absolute Gasteiger partial charge is 0.496 e. The van der Waals surface area contributed by atoms with E-state index in [9.17, 15) is 13.2 Å². The van der Waals surface area contributed by atoms with E-state index >= 15 is 0 Å². The van der Waals surface area contributed by atoms with Crippen LogP contribution in [0, 0.1) is 5.82 Å². The fraction of sp³-hybridized carbons (Fsp3) is 0.333. The summed E-state index contributed by atoms with van der Waals surface area (Å²) >= 11 is 6.16. The third-order valence-corrected chi connectivity index (χ3v) is 6.78. The molecular formula is C24H23ClF3N5O. The molecular weight excluding hydrogens is 467 g/mol. The number of aromatic amines is 1. The molecule has 1 aliphatic rings. The van der Waals surface area contributed by atoms with Gasteiger partial charge in [-0.1, -0.05) is 11.6 Å². The number of piperidine rings is 1. The van der Waals surface area contributed by atoms with E-state index in [4.69, 9.17) is 16.3 Å². The molecule has 34 heavy (non-hydrogen) atoms. The molecule has 4 aromatic rings. The summed E-state index contributed by atoms with van der Waals surface area (Å²) in [6, 6.07) is 4.52. The molecule has 5 rings (SSSR count). The highest BCUT2D eigenvalue weighted by Gasteiger charge is 2.33. The number of halogens is 4. The first-order valence-electron chi connectivity index (χ1n) is 11.0. The molecule has 1 aliphatic heterocycles. The summed E-state index contributed by atoms with van der Waals surface area (Å²) in [5, 5.41) is 7.97. The lowest BCUT2D eigenvalue weighted by Gasteiger charge is -2.22. The molecule has 0 bridgehead atoms. The standard InChI is InChI=1S/C24H23ClF3N5O/c1-34-19-3-2-18(26)22(25)21(19)20(23(27)28)17-11-31-24-16(17)8-13(9-30-24)14-10-32-33(12-14)15-4-6-29-7-5-15/h2-3,8-12,15,20,23,29H,4-7H2,1H3,(H,30,31)/t20-/m0/s1. The van der Waals surface area contributed by atoms with Crippen LogP contribution in [0.4, 0.5) is 13.2 Å². The van der Waals surface area contributed by atoms with Gasteiger partial charge < -0.3 is 15.0 Å². The number of H-pyrrole nitrogens is 1. The van der Waals surface area contributed by atoms with Crippen LogP contribution >= 0.6 is 11.6 Å². The van der Waals surface area contributed by atoms with E-state index < -0.39 is 18.2 Å². The lowest BCUT2D eigenvalue weighted by molar-refractivity contribution is 0.128. The minimum atomic E-state index is -2.86. The molecule has 10 heteroatoms. The highest BCUT2D eigenvalue weighted by molar-refractivity contribution is 6.31.